The lowest BCUT2D eigenvalue weighted by atomic mass is 9.81. The number of anilines is 2. The summed E-state index contributed by atoms with van der Waals surface area (Å²) in [5.41, 5.74) is 6.52. The van der Waals surface area contributed by atoms with Crippen LogP contribution in [0.5, 0.6) is 0 Å². The van der Waals surface area contributed by atoms with Crippen LogP contribution in [0.1, 0.15) is 23.6 Å². The van der Waals surface area contributed by atoms with Crippen molar-refractivity contribution in [1.29, 1.82) is 0 Å². The first-order chi connectivity index (χ1) is 17.3. The third-order valence-corrected chi connectivity index (χ3v) is 7.99. The second kappa shape index (κ2) is 9.36. The molecule has 5 rings (SSSR count). The Kier molecular flexibility index (Phi) is 6.22. The molecule has 0 saturated carbocycles. The Morgan fingerprint density at radius 3 is 1.86 bits per heavy atom. The van der Waals surface area contributed by atoms with Crippen molar-refractivity contribution < 1.29 is 4.79 Å². The molecule has 1 aliphatic rings. The smallest absolute Gasteiger partial charge is 0.222 e. The number of amidine groups is 1. The van der Waals surface area contributed by atoms with Crippen molar-refractivity contribution in [2.75, 3.05) is 38.0 Å². The van der Waals surface area contributed by atoms with Crippen molar-refractivity contribution in [2.45, 2.75) is 11.7 Å². The highest BCUT2D eigenvalue weighted by Crippen LogP contribution is 2.56. The van der Waals surface area contributed by atoms with E-state index in [4.69, 9.17) is 4.99 Å². The van der Waals surface area contributed by atoms with Gasteiger partial charge in [-0.2, -0.15) is 0 Å². The van der Waals surface area contributed by atoms with Gasteiger partial charge in [0, 0.05) is 57.4 Å². The van der Waals surface area contributed by atoms with Crippen LogP contribution in [0.15, 0.2) is 89.9 Å². The van der Waals surface area contributed by atoms with Gasteiger partial charge in [0.1, 0.15) is 4.75 Å². The van der Waals surface area contributed by atoms with Crippen molar-refractivity contribution >= 4 is 50.7 Å². The van der Waals surface area contributed by atoms with Crippen LogP contribution in [0.3, 0.4) is 0 Å². The number of amides is 1. The molecule has 36 heavy (non-hydrogen) atoms. The third-order valence-electron chi connectivity index (χ3n) is 6.61. The zero-order valence-electron chi connectivity index (χ0n) is 21.2. The molecule has 0 fully saturated rings. The lowest BCUT2D eigenvalue weighted by Crippen LogP contribution is -2.36. The number of aliphatic imine (C=N–C) groups is 1. The van der Waals surface area contributed by atoms with Crippen LogP contribution in [0.2, 0.25) is 0 Å². The molecule has 4 aromatic carbocycles. The largest absolute Gasteiger partial charge is 0.378 e. The fourth-order valence-corrected chi connectivity index (χ4v) is 6.18. The number of hydrogen-bond donors (Lipinski definition) is 1. The number of nitrogens with one attached hydrogen (secondary N) is 1. The van der Waals surface area contributed by atoms with Crippen molar-refractivity contribution in [2.24, 2.45) is 4.99 Å². The van der Waals surface area contributed by atoms with E-state index in [2.05, 4.69) is 87.9 Å². The van der Waals surface area contributed by atoms with Crippen molar-refractivity contribution in [3.8, 4) is 0 Å². The van der Waals surface area contributed by atoms with E-state index in [9.17, 15) is 4.79 Å². The highest BCUT2D eigenvalue weighted by molar-refractivity contribution is 8.15. The molecule has 1 N–H and O–H groups in total. The van der Waals surface area contributed by atoms with Gasteiger partial charge < -0.3 is 15.1 Å². The van der Waals surface area contributed by atoms with E-state index < -0.39 is 4.75 Å². The van der Waals surface area contributed by atoms with E-state index in [1.165, 1.54) is 6.92 Å². The fourth-order valence-electron chi connectivity index (χ4n) is 4.77. The molecule has 1 amide bonds. The molecule has 0 atom stereocenters. The minimum Gasteiger partial charge on any atom is -0.378 e. The van der Waals surface area contributed by atoms with E-state index >= 15 is 0 Å². The van der Waals surface area contributed by atoms with Gasteiger partial charge in [0.2, 0.25) is 5.91 Å². The van der Waals surface area contributed by atoms with E-state index in [0.717, 1.165) is 44.5 Å². The molecule has 1 aliphatic heterocycles. The van der Waals surface area contributed by atoms with Crippen molar-refractivity contribution in [3.63, 3.8) is 0 Å². The van der Waals surface area contributed by atoms with Gasteiger partial charge in [0.15, 0.2) is 5.17 Å². The van der Waals surface area contributed by atoms with E-state index in [-0.39, 0.29) is 5.91 Å². The first-order valence-electron chi connectivity index (χ1n) is 11.9. The molecule has 6 heteroatoms. The maximum Gasteiger partial charge on any atom is 0.222 e. The molecule has 1 heterocycles. The van der Waals surface area contributed by atoms with Crippen molar-refractivity contribution in [1.82, 2.24) is 5.32 Å². The first-order valence-corrected chi connectivity index (χ1v) is 12.7. The molecule has 182 valence electrons. The molecular weight excluding hydrogens is 464 g/mol. The number of hydrogen-bond acceptors (Lipinski definition) is 5. The van der Waals surface area contributed by atoms with Crippen LogP contribution in [0.25, 0.3) is 10.8 Å². The minimum absolute atomic E-state index is 0.134. The molecule has 0 radical (unpaired) electrons. The second-order valence-corrected chi connectivity index (χ2v) is 10.7. The number of nitrogens with zero attached hydrogens (tertiary/aromatic N) is 3. The van der Waals surface area contributed by atoms with E-state index in [1.54, 1.807) is 11.8 Å². The second-order valence-electron chi connectivity index (χ2n) is 9.45. The van der Waals surface area contributed by atoms with Crippen LogP contribution >= 0.6 is 11.8 Å². The Morgan fingerprint density at radius 2 is 1.33 bits per heavy atom. The molecule has 5 nitrogen and oxygen atoms in total. The van der Waals surface area contributed by atoms with Gasteiger partial charge in [0.25, 0.3) is 0 Å². The summed E-state index contributed by atoms with van der Waals surface area (Å²) in [5, 5.41) is 5.78. The molecular formula is C30H30N4OS. The van der Waals surface area contributed by atoms with Gasteiger partial charge in [-0.1, -0.05) is 72.4 Å². The number of rotatable bonds is 4. The molecule has 0 aliphatic carbocycles. The number of carbonyl (C=O) groups is 1. The molecule has 0 bridgehead atoms. The highest BCUT2D eigenvalue weighted by Gasteiger charge is 2.43. The minimum atomic E-state index is -0.603. The summed E-state index contributed by atoms with van der Waals surface area (Å²) in [5.74, 6) is -0.134. The summed E-state index contributed by atoms with van der Waals surface area (Å²) in [6.07, 6.45) is 0. The van der Waals surface area contributed by atoms with Crippen LogP contribution in [0, 0.1) is 0 Å². The summed E-state index contributed by atoms with van der Waals surface area (Å²) in [6.45, 7) is 1.53. The average molecular weight is 495 g/mol. The van der Waals surface area contributed by atoms with Crippen LogP contribution in [0.4, 0.5) is 17.1 Å². The molecule has 0 saturated heterocycles. The molecule has 0 aromatic heterocycles. The van der Waals surface area contributed by atoms with Gasteiger partial charge in [-0.25, -0.2) is 4.99 Å². The maximum absolute atomic E-state index is 12.2. The van der Waals surface area contributed by atoms with Gasteiger partial charge in [-0.05, 0) is 40.8 Å². The topological polar surface area (TPSA) is 47.9 Å². The van der Waals surface area contributed by atoms with Gasteiger partial charge in [-0.3, -0.25) is 4.79 Å². The third kappa shape index (κ3) is 4.11. The lowest BCUT2D eigenvalue weighted by molar-refractivity contribution is -0.117. The van der Waals surface area contributed by atoms with Crippen LogP contribution in [-0.2, 0) is 9.54 Å². The van der Waals surface area contributed by atoms with Gasteiger partial charge in [-0.15, -0.1) is 0 Å². The molecule has 0 unspecified atom stereocenters. The van der Waals surface area contributed by atoms with Gasteiger partial charge in [0.05, 0.1) is 5.69 Å². The normalized spacial score (nSPS) is 14.1. The zero-order valence-corrected chi connectivity index (χ0v) is 22.1. The van der Waals surface area contributed by atoms with E-state index in [1.807, 2.05) is 40.3 Å². The zero-order chi connectivity index (χ0) is 25.4. The SMILES string of the molecule is CC(=O)NC1=Nc2c(ccc3ccccc23)C(c2ccc(N(C)C)cc2)(c2ccc(N(C)C)cc2)S1. The summed E-state index contributed by atoms with van der Waals surface area (Å²) in [4.78, 5) is 21.4. The summed E-state index contributed by atoms with van der Waals surface area (Å²) < 4.78 is -0.603. The lowest BCUT2D eigenvalue weighted by Gasteiger charge is -2.39. The maximum atomic E-state index is 12.2. The average Bonchev–Trinajstić information content (AvgIpc) is 2.88. The fraction of sp³-hybridized carbons (Fsp3) is 0.200. The Labute approximate surface area is 216 Å². The van der Waals surface area contributed by atoms with Gasteiger partial charge >= 0.3 is 0 Å². The number of fused-ring (bicyclic) bond motifs is 3. The van der Waals surface area contributed by atoms with Crippen LogP contribution in [-0.4, -0.2) is 39.3 Å². The Hall–Kier alpha value is -3.77. The highest BCUT2D eigenvalue weighted by atomic mass is 32.2. The Bertz CT molecular complexity index is 1410. The van der Waals surface area contributed by atoms with Crippen LogP contribution < -0.4 is 15.1 Å². The summed E-state index contributed by atoms with van der Waals surface area (Å²) >= 11 is 1.58. The number of benzene rings is 4. The molecule has 4 aromatic rings. The predicted molar refractivity (Wildman–Crippen MR) is 154 cm³/mol. The molecule has 0 spiro atoms. The number of thioether (sulfide) groups is 1. The van der Waals surface area contributed by atoms with E-state index in [0.29, 0.717) is 5.17 Å². The Balaban J connectivity index is 1.84. The first kappa shape index (κ1) is 23.9. The van der Waals surface area contributed by atoms with Crippen molar-refractivity contribution in [3.05, 3.63) is 102 Å². The number of carbonyl (C=O) groups excluding carboxylic acids is 1. The quantitative estimate of drug-likeness (QED) is 0.371. The standard InChI is InChI=1S/C30H30N4OS/c1-20(35)31-29-32-28-26-9-7-6-8-21(26)10-19-27(28)30(36-29,22-11-15-24(16-12-22)33(2)3)23-13-17-25(18-14-23)34(4)5/h6-19H,1-5H3,(H,31,32,35). The predicted octanol–water partition coefficient (Wildman–Crippen LogP) is 6.13. The monoisotopic (exact) mass is 494 g/mol. The summed E-state index contributed by atoms with van der Waals surface area (Å²) in [7, 11) is 8.18. The Morgan fingerprint density at radius 1 is 0.778 bits per heavy atom. The summed E-state index contributed by atoms with van der Waals surface area (Å²) in [6, 6.07) is 30.0.